The number of nitrogens with zero attached hydrogens (tertiary/aromatic N) is 2. The van der Waals surface area contributed by atoms with Crippen molar-refractivity contribution in [2.45, 2.75) is 53.4 Å². The molecule has 1 N–H and O–H groups in total. The summed E-state index contributed by atoms with van der Waals surface area (Å²) < 4.78 is 5.53. The van der Waals surface area contributed by atoms with Crippen molar-refractivity contribution in [1.82, 2.24) is 9.80 Å². The van der Waals surface area contributed by atoms with Gasteiger partial charge in [-0.05, 0) is 33.3 Å². The highest BCUT2D eigenvalue weighted by Crippen LogP contribution is 2.17. The van der Waals surface area contributed by atoms with Crippen molar-refractivity contribution in [3.05, 3.63) is 23.2 Å². The monoisotopic (exact) mass is 378 g/mol. The Balaban J connectivity index is 1.94. The zero-order chi connectivity index (χ0) is 19.8. The van der Waals surface area contributed by atoms with Crippen molar-refractivity contribution >= 4 is 11.8 Å². The number of nitrogens with one attached hydrogen (secondary N) is 1. The van der Waals surface area contributed by atoms with Gasteiger partial charge in [0.1, 0.15) is 11.5 Å². The number of carbonyl (C=O) groups is 2. The molecule has 6 heteroatoms. The van der Waals surface area contributed by atoms with Crippen LogP contribution in [0.15, 0.2) is 10.5 Å². The molecular weight excluding hydrogens is 342 g/mol. The van der Waals surface area contributed by atoms with E-state index in [9.17, 15) is 9.59 Å². The number of likely N-dealkylation sites (N-methyl/N-ethyl adjacent to an activating group) is 1. The molecule has 2 heterocycles. The highest BCUT2D eigenvalue weighted by atomic mass is 16.3. The number of furan rings is 1. The quantitative estimate of drug-likeness (QED) is 0.665. The van der Waals surface area contributed by atoms with Crippen molar-refractivity contribution in [3.63, 3.8) is 0 Å². The second kappa shape index (κ2) is 10.5. The SMILES string of the molecule is CCCCCN(CCC(=O)N1CC[NH+](CC)CC1)C(=O)c1cc(C)oc1C. The van der Waals surface area contributed by atoms with Crippen LogP contribution in [0.1, 0.15) is 61.4 Å². The Labute approximate surface area is 163 Å². The average molecular weight is 379 g/mol. The fourth-order valence-corrected chi connectivity index (χ4v) is 3.70. The van der Waals surface area contributed by atoms with Gasteiger partial charge in [0.05, 0.1) is 38.3 Å². The molecule has 2 rings (SSSR count). The van der Waals surface area contributed by atoms with Crippen LogP contribution in [-0.2, 0) is 4.79 Å². The Morgan fingerprint density at radius 3 is 2.41 bits per heavy atom. The number of carbonyl (C=O) groups excluding carboxylic acids is 2. The molecule has 1 aliphatic heterocycles. The first-order valence-corrected chi connectivity index (χ1v) is 10.4. The molecule has 0 unspecified atom stereocenters. The average Bonchev–Trinajstić information content (AvgIpc) is 3.02. The number of quaternary nitrogens is 1. The van der Waals surface area contributed by atoms with Crippen molar-refractivity contribution in [1.29, 1.82) is 0 Å². The lowest BCUT2D eigenvalue weighted by Crippen LogP contribution is -3.14. The van der Waals surface area contributed by atoms with Gasteiger partial charge in [0.15, 0.2) is 0 Å². The van der Waals surface area contributed by atoms with Crippen LogP contribution in [0.5, 0.6) is 0 Å². The minimum atomic E-state index is -0.0199. The van der Waals surface area contributed by atoms with E-state index in [1.165, 1.54) is 0 Å². The van der Waals surface area contributed by atoms with E-state index >= 15 is 0 Å². The van der Waals surface area contributed by atoms with E-state index in [2.05, 4.69) is 13.8 Å². The highest BCUT2D eigenvalue weighted by molar-refractivity contribution is 5.95. The maximum absolute atomic E-state index is 13.0. The largest absolute Gasteiger partial charge is 0.466 e. The normalized spacial score (nSPS) is 15.2. The van der Waals surface area contributed by atoms with Crippen molar-refractivity contribution < 1.29 is 18.9 Å². The first kappa shape index (κ1) is 21.5. The maximum atomic E-state index is 13.0. The van der Waals surface area contributed by atoms with Crippen LogP contribution in [0.4, 0.5) is 0 Å². The van der Waals surface area contributed by atoms with Gasteiger partial charge in [-0.2, -0.15) is 0 Å². The first-order valence-electron chi connectivity index (χ1n) is 10.4. The van der Waals surface area contributed by atoms with Gasteiger partial charge in [-0.25, -0.2) is 0 Å². The van der Waals surface area contributed by atoms with Crippen LogP contribution in [-0.4, -0.2) is 67.4 Å². The van der Waals surface area contributed by atoms with E-state index in [1.54, 1.807) is 11.0 Å². The second-order valence-electron chi connectivity index (χ2n) is 7.56. The van der Waals surface area contributed by atoms with Gasteiger partial charge in [-0.1, -0.05) is 19.8 Å². The molecule has 1 aliphatic rings. The Morgan fingerprint density at radius 2 is 1.85 bits per heavy atom. The van der Waals surface area contributed by atoms with Crippen LogP contribution >= 0.6 is 0 Å². The standard InChI is InChI=1S/C21H35N3O3/c1-5-7-8-10-24(21(26)19-16-17(3)27-18(19)4)11-9-20(25)23-14-12-22(6-2)13-15-23/h16H,5-15H2,1-4H3/p+1. The molecule has 1 saturated heterocycles. The third kappa shape index (κ3) is 6.09. The molecule has 1 aromatic heterocycles. The molecule has 2 amide bonds. The fourth-order valence-electron chi connectivity index (χ4n) is 3.70. The third-order valence-electron chi connectivity index (χ3n) is 5.51. The number of unbranched alkanes of at least 4 members (excludes halogenated alkanes) is 2. The lowest BCUT2D eigenvalue weighted by molar-refractivity contribution is -0.902. The fraction of sp³-hybridized carbons (Fsp3) is 0.714. The van der Waals surface area contributed by atoms with E-state index in [-0.39, 0.29) is 11.8 Å². The Hall–Kier alpha value is -1.82. The Morgan fingerprint density at radius 1 is 1.15 bits per heavy atom. The van der Waals surface area contributed by atoms with Gasteiger partial charge in [-0.15, -0.1) is 0 Å². The molecule has 6 nitrogen and oxygen atoms in total. The van der Waals surface area contributed by atoms with E-state index in [0.717, 1.165) is 57.7 Å². The molecule has 152 valence electrons. The molecule has 0 aliphatic carbocycles. The zero-order valence-corrected chi connectivity index (χ0v) is 17.5. The summed E-state index contributed by atoms with van der Waals surface area (Å²) >= 11 is 0. The predicted octanol–water partition coefficient (Wildman–Crippen LogP) is 1.67. The minimum absolute atomic E-state index is 0.0199. The molecule has 27 heavy (non-hydrogen) atoms. The Kier molecular flexibility index (Phi) is 8.35. The van der Waals surface area contributed by atoms with E-state index < -0.39 is 0 Å². The molecular formula is C21H36N3O3+. The zero-order valence-electron chi connectivity index (χ0n) is 17.5. The summed E-state index contributed by atoms with van der Waals surface area (Å²) in [6, 6.07) is 1.80. The third-order valence-corrected chi connectivity index (χ3v) is 5.51. The minimum Gasteiger partial charge on any atom is -0.466 e. The Bertz CT molecular complexity index is 618. The summed E-state index contributed by atoms with van der Waals surface area (Å²) in [6.45, 7) is 14.0. The lowest BCUT2D eigenvalue weighted by atomic mass is 10.1. The van der Waals surface area contributed by atoms with Gasteiger partial charge >= 0.3 is 0 Å². The molecule has 0 atom stereocenters. The van der Waals surface area contributed by atoms with Gasteiger partial charge in [0.25, 0.3) is 5.91 Å². The predicted molar refractivity (Wildman–Crippen MR) is 106 cm³/mol. The van der Waals surface area contributed by atoms with Gasteiger partial charge < -0.3 is 19.1 Å². The van der Waals surface area contributed by atoms with Crippen LogP contribution in [0.25, 0.3) is 0 Å². The van der Waals surface area contributed by atoms with Gasteiger partial charge in [0.2, 0.25) is 5.91 Å². The van der Waals surface area contributed by atoms with Crippen LogP contribution in [0.2, 0.25) is 0 Å². The summed E-state index contributed by atoms with van der Waals surface area (Å²) in [5, 5.41) is 0. The molecule has 0 aromatic carbocycles. The summed E-state index contributed by atoms with van der Waals surface area (Å²) in [7, 11) is 0. The van der Waals surface area contributed by atoms with E-state index in [1.807, 2.05) is 23.6 Å². The number of aryl methyl sites for hydroxylation is 2. The topological polar surface area (TPSA) is 58.2 Å². The van der Waals surface area contributed by atoms with Crippen LogP contribution < -0.4 is 4.90 Å². The molecule has 0 radical (unpaired) electrons. The first-order chi connectivity index (χ1) is 13.0. The number of rotatable bonds is 9. The van der Waals surface area contributed by atoms with Crippen LogP contribution in [0, 0.1) is 13.8 Å². The summed E-state index contributed by atoms with van der Waals surface area (Å²) in [6.07, 6.45) is 3.55. The number of piperazine rings is 1. The molecule has 1 fully saturated rings. The van der Waals surface area contributed by atoms with Gasteiger partial charge in [0, 0.05) is 19.5 Å². The number of hydrogen-bond acceptors (Lipinski definition) is 3. The van der Waals surface area contributed by atoms with E-state index in [4.69, 9.17) is 4.42 Å². The smallest absolute Gasteiger partial charge is 0.257 e. The molecule has 0 spiro atoms. The van der Waals surface area contributed by atoms with E-state index in [0.29, 0.717) is 30.8 Å². The highest BCUT2D eigenvalue weighted by Gasteiger charge is 2.25. The van der Waals surface area contributed by atoms with Crippen molar-refractivity contribution in [2.75, 3.05) is 45.8 Å². The summed E-state index contributed by atoms with van der Waals surface area (Å²) in [5.74, 6) is 1.55. The van der Waals surface area contributed by atoms with Gasteiger partial charge in [-0.3, -0.25) is 9.59 Å². The lowest BCUT2D eigenvalue weighted by Gasteiger charge is -2.32. The number of amides is 2. The van der Waals surface area contributed by atoms with Crippen molar-refractivity contribution in [2.24, 2.45) is 0 Å². The summed E-state index contributed by atoms with van der Waals surface area (Å²) in [4.78, 5) is 30.9. The molecule has 0 bridgehead atoms. The number of hydrogen-bond donors (Lipinski definition) is 1. The molecule has 0 saturated carbocycles. The van der Waals surface area contributed by atoms with Crippen LogP contribution in [0.3, 0.4) is 0 Å². The van der Waals surface area contributed by atoms with Crippen molar-refractivity contribution in [3.8, 4) is 0 Å². The second-order valence-corrected chi connectivity index (χ2v) is 7.56. The maximum Gasteiger partial charge on any atom is 0.257 e. The molecule has 1 aromatic rings. The summed E-state index contributed by atoms with van der Waals surface area (Å²) in [5.41, 5.74) is 0.622.